The first-order valence-corrected chi connectivity index (χ1v) is 7.21. The Morgan fingerprint density at radius 1 is 1.26 bits per heavy atom. The summed E-state index contributed by atoms with van der Waals surface area (Å²) >= 11 is 1.72. The minimum absolute atomic E-state index is 0.636. The number of nitrogens with one attached hydrogen (secondary N) is 2. The van der Waals surface area contributed by atoms with Crippen molar-refractivity contribution >= 4 is 22.7 Å². The lowest BCUT2D eigenvalue weighted by Gasteiger charge is -2.17. The zero-order valence-electron chi connectivity index (χ0n) is 11.2. The van der Waals surface area contributed by atoms with E-state index in [0.29, 0.717) is 5.71 Å². The van der Waals surface area contributed by atoms with E-state index in [2.05, 4.69) is 41.8 Å². The summed E-state index contributed by atoms with van der Waals surface area (Å²) in [5.74, 6) is 0. The first kappa shape index (κ1) is 12.4. The van der Waals surface area contributed by atoms with Crippen molar-refractivity contribution in [2.24, 2.45) is 0 Å². The molecule has 98 valence electrons. The van der Waals surface area contributed by atoms with Gasteiger partial charge in [-0.2, -0.15) is 0 Å². The molecule has 2 heterocycles. The molecule has 0 saturated heterocycles. The zero-order chi connectivity index (χ0) is 13.4. The lowest BCUT2D eigenvalue weighted by atomic mass is 9.99. The Kier molecular flexibility index (Phi) is 3.12. The van der Waals surface area contributed by atoms with Gasteiger partial charge in [-0.05, 0) is 31.1 Å². The van der Waals surface area contributed by atoms with Gasteiger partial charge in [-0.1, -0.05) is 18.2 Å². The van der Waals surface area contributed by atoms with Gasteiger partial charge < -0.3 is 10.2 Å². The summed E-state index contributed by atoms with van der Waals surface area (Å²) in [7, 11) is 4.14. The third-order valence-corrected chi connectivity index (χ3v) is 4.27. The van der Waals surface area contributed by atoms with Crippen molar-refractivity contribution in [1.29, 1.82) is 5.41 Å². The second-order valence-electron chi connectivity index (χ2n) is 5.06. The van der Waals surface area contributed by atoms with Crippen LogP contribution in [0, 0.1) is 5.41 Å². The van der Waals surface area contributed by atoms with E-state index in [-0.39, 0.29) is 0 Å². The molecule has 0 atom stereocenters. The Labute approximate surface area is 117 Å². The fraction of sp³-hybridized carbons (Fsp3) is 0.267. The van der Waals surface area contributed by atoms with Crippen molar-refractivity contribution < 1.29 is 0 Å². The van der Waals surface area contributed by atoms with E-state index in [0.717, 1.165) is 29.9 Å². The number of para-hydroxylation sites is 1. The van der Waals surface area contributed by atoms with E-state index in [4.69, 9.17) is 5.41 Å². The number of hydrogen-bond acceptors (Lipinski definition) is 4. The summed E-state index contributed by atoms with van der Waals surface area (Å²) in [6, 6.07) is 8.28. The molecule has 1 aliphatic heterocycles. The van der Waals surface area contributed by atoms with Crippen LogP contribution in [0.2, 0.25) is 0 Å². The summed E-state index contributed by atoms with van der Waals surface area (Å²) in [6.45, 7) is 1.70. The maximum Gasteiger partial charge on any atom is 0.0717 e. The van der Waals surface area contributed by atoms with Crippen molar-refractivity contribution in [2.75, 3.05) is 19.4 Å². The monoisotopic (exact) mass is 271 g/mol. The van der Waals surface area contributed by atoms with Gasteiger partial charge in [0.2, 0.25) is 0 Å². The van der Waals surface area contributed by atoms with Gasteiger partial charge in [0.05, 0.1) is 12.3 Å². The van der Waals surface area contributed by atoms with Gasteiger partial charge >= 0.3 is 0 Å². The fourth-order valence-electron chi connectivity index (χ4n) is 2.50. The summed E-state index contributed by atoms with van der Waals surface area (Å²) in [5, 5.41) is 14.0. The summed E-state index contributed by atoms with van der Waals surface area (Å²) in [5.41, 5.74) is 5.08. The Balaban J connectivity index is 2.10. The number of hydrogen-bond donors (Lipinski definition) is 2. The van der Waals surface area contributed by atoms with Crippen LogP contribution >= 0.6 is 11.3 Å². The maximum atomic E-state index is 8.44. The van der Waals surface area contributed by atoms with Gasteiger partial charge in [0.1, 0.15) is 0 Å². The van der Waals surface area contributed by atoms with Crippen LogP contribution in [-0.2, 0) is 13.1 Å². The molecule has 0 unspecified atom stereocenters. The van der Waals surface area contributed by atoms with Gasteiger partial charge in [-0.25, -0.2) is 0 Å². The Hall–Kier alpha value is -1.65. The quantitative estimate of drug-likeness (QED) is 0.880. The van der Waals surface area contributed by atoms with Gasteiger partial charge in [0.15, 0.2) is 0 Å². The molecule has 0 radical (unpaired) electrons. The number of thiophene rings is 1. The standard InChI is InChI=1S/C15H17N3S/c1-18(2)9-10-4-3-5-12-14(16)11-6-7-19-13(11)8-17-15(10)12/h3-7,16-17H,8-9H2,1-2H3. The number of benzene rings is 1. The maximum absolute atomic E-state index is 8.44. The van der Waals surface area contributed by atoms with E-state index in [1.165, 1.54) is 10.4 Å². The van der Waals surface area contributed by atoms with Crippen molar-refractivity contribution in [3.8, 4) is 0 Å². The summed E-state index contributed by atoms with van der Waals surface area (Å²) in [6.07, 6.45) is 0. The van der Waals surface area contributed by atoms with Crippen LogP contribution in [0.25, 0.3) is 0 Å². The summed E-state index contributed by atoms with van der Waals surface area (Å²) < 4.78 is 0. The van der Waals surface area contributed by atoms with Crippen LogP contribution < -0.4 is 5.32 Å². The van der Waals surface area contributed by atoms with Crippen LogP contribution in [0.15, 0.2) is 29.6 Å². The molecular weight excluding hydrogens is 254 g/mol. The van der Waals surface area contributed by atoms with Crippen molar-refractivity contribution in [1.82, 2.24) is 4.90 Å². The third-order valence-electron chi connectivity index (χ3n) is 3.35. The minimum atomic E-state index is 0.636. The average molecular weight is 271 g/mol. The molecule has 1 aliphatic rings. The number of rotatable bonds is 2. The largest absolute Gasteiger partial charge is 0.379 e. The molecule has 0 spiro atoms. The molecule has 1 aromatic carbocycles. The summed E-state index contributed by atoms with van der Waals surface area (Å²) in [4.78, 5) is 3.40. The molecule has 0 aliphatic carbocycles. The predicted octanol–water partition coefficient (Wildman–Crippen LogP) is 3.15. The first-order valence-electron chi connectivity index (χ1n) is 6.33. The van der Waals surface area contributed by atoms with E-state index < -0.39 is 0 Å². The number of nitrogens with zero attached hydrogens (tertiary/aromatic N) is 1. The van der Waals surface area contributed by atoms with E-state index in [9.17, 15) is 0 Å². The number of anilines is 1. The van der Waals surface area contributed by atoms with E-state index >= 15 is 0 Å². The highest BCUT2D eigenvalue weighted by molar-refractivity contribution is 7.10. The third kappa shape index (κ3) is 2.17. The van der Waals surface area contributed by atoms with Crippen LogP contribution in [0.5, 0.6) is 0 Å². The fourth-order valence-corrected chi connectivity index (χ4v) is 3.32. The Morgan fingerprint density at radius 3 is 2.89 bits per heavy atom. The molecule has 0 bridgehead atoms. The topological polar surface area (TPSA) is 39.1 Å². The van der Waals surface area contributed by atoms with Crippen molar-refractivity contribution in [3.05, 3.63) is 51.2 Å². The van der Waals surface area contributed by atoms with Gasteiger partial charge in [0.25, 0.3) is 0 Å². The zero-order valence-corrected chi connectivity index (χ0v) is 12.0. The van der Waals surface area contributed by atoms with E-state index in [1.807, 2.05) is 12.1 Å². The van der Waals surface area contributed by atoms with Crippen LogP contribution in [0.4, 0.5) is 5.69 Å². The highest BCUT2D eigenvalue weighted by Gasteiger charge is 2.20. The lowest BCUT2D eigenvalue weighted by Crippen LogP contribution is -2.14. The van der Waals surface area contributed by atoms with E-state index in [1.54, 1.807) is 11.3 Å². The van der Waals surface area contributed by atoms with Gasteiger partial charge in [0, 0.05) is 28.2 Å². The predicted molar refractivity (Wildman–Crippen MR) is 81.4 cm³/mol. The minimum Gasteiger partial charge on any atom is -0.379 e. The SMILES string of the molecule is CN(C)Cc1cccc2c1NCc1sccc1C2=N. The smallest absolute Gasteiger partial charge is 0.0717 e. The lowest BCUT2D eigenvalue weighted by molar-refractivity contribution is 0.403. The molecule has 3 rings (SSSR count). The second-order valence-corrected chi connectivity index (χ2v) is 6.06. The van der Waals surface area contributed by atoms with Crippen molar-refractivity contribution in [2.45, 2.75) is 13.1 Å². The molecule has 3 nitrogen and oxygen atoms in total. The molecule has 0 saturated carbocycles. The van der Waals surface area contributed by atoms with Gasteiger partial charge in [-0.3, -0.25) is 5.41 Å². The molecule has 0 fully saturated rings. The first-order chi connectivity index (χ1) is 9.16. The highest BCUT2D eigenvalue weighted by Crippen LogP contribution is 2.31. The van der Waals surface area contributed by atoms with Crippen molar-refractivity contribution in [3.63, 3.8) is 0 Å². The average Bonchev–Trinajstić information content (AvgIpc) is 2.79. The molecule has 1 aromatic heterocycles. The van der Waals surface area contributed by atoms with Crippen LogP contribution in [0.3, 0.4) is 0 Å². The molecular formula is C15H17N3S. The highest BCUT2D eigenvalue weighted by atomic mass is 32.1. The molecule has 2 aromatic rings. The Morgan fingerprint density at radius 2 is 2.11 bits per heavy atom. The molecule has 2 N–H and O–H groups in total. The second kappa shape index (κ2) is 4.79. The Bertz CT molecular complexity index is 628. The number of fused-ring (bicyclic) bond motifs is 2. The molecule has 4 heteroatoms. The molecule has 19 heavy (non-hydrogen) atoms. The van der Waals surface area contributed by atoms with Crippen LogP contribution in [-0.4, -0.2) is 24.7 Å². The molecule has 0 amide bonds. The van der Waals surface area contributed by atoms with Gasteiger partial charge in [-0.15, -0.1) is 11.3 Å². The normalized spacial score (nSPS) is 13.7. The van der Waals surface area contributed by atoms with Crippen LogP contribution in [0.1, 0.15) is 21.6 Å².